The van der Waals surface area contributed by atoms with Gasteiger partial charge in [0.25, 0.3) is 0 Å². The molecule has 2 unspecified atom stereocenters. The average Bonchev–Trinajstić information content (AvgIpc) is 2.88. The monoisotopic (exact) mass is 489 g/mol. The maximum atomic E-state index is 13.6. The molecule has 1 aliphatic heterocycles. The number of hydrogen-bond donors (Lipinski definition) is 1. The summed E-state index contributed by atoms with van der Waals surface area (Å²) < 4.78 is 6.87. The SMILES string of the molecule is COC(=O)c1c(CNC2=C3C=CC=CC3PC=N2)c(=O)c2ccc(Cl)cc2n1-c1ccccc1. The highest BCUT2D eigenvalue weighted by Crippen LogP contribution is 2.34. The zero-order valence-corrected chi connectivity index (χ0v) is 20.0. The van der Waals surface area contributed by atoms with Gasteiger partial charge in [0.15, 0.2) is 5.43 Å². The number of aliphatic imine (C=N–C) groups is 1. The number of ether oxygens (including phenoxy) is 1. The summed E-state index contributed by atoms with van der Waals surface area (Å²) in [6, 6.07) is 14.4. The second-order valence-corrected chi connectivity index (χ2v) is 9.43. The molecule has 6 nitrogen and oxygen atoms in total. The molecule has 0 saturated carbocycles. The number of nitrogens with zero attached hydrogens (tertiary/aromatic N) is 2. The third-order valence-electron chi connectivity index (χ3n) is 5.80. The normalized spacial score (nSPS) is 17.3. The Morgan fingerprint density at radius 2 is 2.03 bits per heavy atom. The van der Waals surface area contributed by atoms with Gasteiger partial charge in [0.2, 0.25) is 0 Å². The number of aromatic nitrogens is 1. The highest BCUT2D eigenvalue weighted by atomic mass is 35.5. The van der Waals surface area contributed by atoms with E-state index >= 15 is 0 Å². The van der Waals surface area contributed by atoms with E-state index in [1.807, 2.05) is 54.5 Å². The molecule has 0 spiro atoms. The molecule has 170 valence electrons. The Bertz CT molecular complexity index is 1470. The van der Waals surface area contributed by atoms with E-state index < -0.39 is 5.97 Å². The number of halogens is 1. The van der Waals surface area contributed by atoms with E-state index in [4.69, 9.17) is 16.3 Å². The predicted molar refractivity (Wildman–Crippen MR) is 139 cm³/mol. The van der Waals surface area contributed by atoms with E-state index in [0.29, 0.717) is 35.9 Å². The molecular weight excluding hydrogens is 469 g/mol. The van der Waals surface area contributed by atoms with Gasteiger partial charge in [0, 0.05) is 39.8 Å². The van der Waals surface area contributed by atoms with E-state index in [9.17, 15) is 9.59 Å². The molecular formula is C26H21ClN3O3P. The zero-order chi connectivity index (χ0) is 23.7. The van der Waals surface area contributed by atoms with Crippen LogP contribution in [0.3, 0.4) is 0 Å². The van der Waals surface area contributed by atoms with Gasteiger partial charge in [-0.1, -0.05) is 62.7 Å². The molecule has 8 heteroatoms. The standard InChI is InChI=1S/C26H21ClN3O3P/c1-33-26(32)23-20(14-28-25-19-9-5-6-10-22(19)34-15-29-25)24(31)18-12-11-16(27)13-21(18)30(23)17-7-3-2-4-8-17/h2-13,15,22,28,34H,14H2,1H3. The lowest BCUT2D eigenvalue weighted by atomic mass is 10.0. The molecule has 5 rings (SSSR count). The fraction of sp³-hybridized carbons (Fsp3) is 0.115. The van der Waals surface area contributed by atoms with E-state index in [2.05, 4.69) is 16.4 Å². The molecule has 0 saturated heterocycles. The Morgan fingerprint density at radius 1 is 1.21 bits per heavy atom. The second-order valence-electron chi connectivity index (χ2n) is 7.78. The summed E-state index contributed by atoms with van der Waals surface area (Å²) in [6.07, 6.45) is 8.17. The fourth-order valence-corrected chi connectivity index (χ4v) is 5.38. The van der Waals surface area contributed by atoms with Crippen LogP contribution in [0, 0.1) is 0 Å². The molecule has 0 radical (unpaired) electrons. The summed E-state index contributed by atoms with van der Waals surface area (Å²) >= 11 is 6.29. The third kappa shape index (κ3) is 4.00. The Kier molecular flexibility index (Phi) is 6.18. The summed E-state index contributed by atoms with van der Waals surface area (Å²) in [5.41, 5.74) is 2.79. The molecule has 0 amide bonds. The molecule has 1 N–H and O–H groups in total. The summed E-state index contributed by atoms with van der Waals surface area (Å²) in [7, 11) is 1.87. The van der Waals surface area contributed by atoms with Gasteiger partial charge in [-0.05, 0) is 30.3 Å². The van der Waals surface area contributed by atoms with Crippen LogP contribution in [-0.2, 0) is 11.3 Å². The van der Waals surface area contributed by atoms with Crippen LogP contribution in [0.5, 0.6) is 0 Å². The lowest BCUT2D eigenvalue weighted by Gasteiger charge is -2.23. The topological polar surface area (TPSA) is 72.7 Å². The van der Waals surface area contributed by atoms with Gasteiger partial charge in [0.05, 0.1) is 18.2 Å². The first-order valence-electron chi connectivity index (χ1n) is 10.7. The van der Waals surface area contributed by atoms with Gasteiger partial charge in [-0.2, -0.15) is 0 Å². The number of allylic oxidation sites excluding steroid dienone is 5. The van der Waals surface area contributed by atoms with Crippen molar-refractivity contribution in [3.8, 4) is 5.69 Å². The summed E-state index contributed by atoms with van der Waals surface area (Å²) in [5.74, 6) is 1.98. The number of rotatable bonds is 5. The first-order chi connectivity index (χ1) is 16.6. The van der Waals surface area contributed by atoms with Crippen molar-refractivity contribution in [1.82, 2.24) is 9.88 Å². The lowest BCUT2D eigenvalue weighted by Crippen LogP contribution is -2.29. The number of para-hydroxylation sites is 1. The minimum Gasteiger partial charge on any atom is -0.464 e. The molecule has 2 aliphatic rings. The van der Waals surface area contributed by atoms with Crippen LogP contribution in [0.1, 0.15) is 16.1 Å². The molecule has 0 bridgehead atoms. The molecule has 0 fully saturated rings. The number of carbonyl (C=O) groups excluding carboxylic acids is 1. The first kappa shape index (κ1) is 22.3. The average molecular weight is 490 g/mol. The summed E-state index contributed by atoms with van der Waals surface area (Å²) in [6.45, 7) is 0.109. The lowest BCUT2D eigenvalue weighted by molar-refractivity contribution is 0.0589. The molecule has 1 aromatic heterocycles. The van der Waals surface area contributed by atoms with E-state index in [-0.39, 0.29) is 23.3 Å². The van der Waals surface area contributed by atoms with Crippen LogP contribution in [0.4, 0.5) is 0 Å². The van der Waals surface area contributed by atoms with Crippen LogP contribution in [0.15, 0.2) is 94.0 Å². The van der Waals surface area contributed by atoms with Gasteiger partial charge in [-0.3, -0.25) is 4.79 Å². The quantitative estimate of drug-likeness (QED) is 0.407. The molecule has 2 atom stereocenters. The van der Waals surface area contributed by atoms with Crippen LogP contribution in [0.2, 0.25) is 5.02 Å². The summed E-state index contributed by atoms with van der Waals surface area (Å²) in [5, 5.41) is 4.23. The zero-order valence-electron chi connectivity index (χ0n) is 18.3. The van der Waals surface area contributed by atoms with Crippen molar-refractivity contribution >= 4 is 43.0 Å². The Balaban J connectivity index is 1.72. The predicted octanol–water partition coefficient (Wildman–Crippen LogP) is 4.95. The van der Waals surface area contributed by atoms with Gasteiger partial charge in [-0.25, -0.2) is 9.79 Å². The Labute approximate surface area is 203 Å². The number of nitrogens with one attached hydrogen (secondary N) is 1. The van der Waals surface area contributed by atoms with Gasteiger partial charge < -0.3 is 14.6 Å². The number of carbonyl (C=O) groups is 1. The van der Waals surface area contributed by atoms with Crippen molar-refractivity contribution in [2.45, 2.75) is 12.2 Å². The second kappa shape index (κ2) is 9.41. The summed E-state index contributed by atoms with van der Waals surface area (Å²) in [4.78, 5) is 31.3. The van der Waals surface area contributed by atoms with E-state index in [1.165, 1.54) is 7.11 Å². The van der Waals surface area contributed by atoms with E-state index in [0.717, 1.165) is 11.3 Å². The van der Waals surface area contributed by atoms with Crippen molar-refractivity contribution in [1.29, 1.82) is 0 Å². The fourth-order valence-electron chi connectivity index (χ4n) is 4.22. The van der Waals surface area contributed by atoms with Crippen molar-refractivity contribution in [3.05, 3.63) is 111 Å². The molecule has 2 aromatic carbocycles. The minimum atomic E-state index is -0.607. The van der Waals surface area contributed by atoms with Crippen molar-refractivity contribution in [3.63, 3.8) is 0 Å². The van der Waals surface area contributed by atoms with Crippen molar-refractivity contribution in [2.75, 3.05) is 7.11 Å². The Morgan fingerprint density at radius 3 is 2.82 bits per heavy atom. The number of hydrogen-bond acceptors (Lipinski definition) is 5. The molecule has 1 aliphatic carbocycles. The van der Waals surface area contributed by atoms with E-state index in [1.54, 1.807) is 22.8 Å². The number of esters is 1. The largest absolute Gasteiger partial charge is 0.464 e. The smallest absolute Gasteiger partial charge is 0.355 e. The number of pyridine rings is 1. The maximum absolute atomic E-state index is 13.6. The highest BCUT2D eigenvalue weighted by molar-refractivity contribution is 7.56. The van der Waals surface area contributed by atoms with Gasteiger partial charge in [0.1, 0.15) is 11.5 Å². The minimum absolute atomic E-state index is 0.109. The third-order valence-corrected chi connectivity index (χ3v) is 7.18. The van der Waals surface area contributed by atoms with Crippen LogP contribution >= 0.6 is 20.2 Å². The van der Waals surface area contributed by atoms with Crippen molar-refractivity contribution in [2.24, 2.45) is 4.99 Å². The molecule has 3 aromatic rings. The van der Waals surface area contributed by atoms with Crippen LogP contribution < -0.4 is 10.7 Å². The first-order valence-corrected chi connectivity index (χ1v) is 12.2. The van der Waals surface area contributed by atoms with Gasteiger partial charge in [-0.15, -0.1) is 0 Å². The number of fused-ring (bicyclic) bond motifs is 2. The van der Waals surface area contributed by atoms with Crippen LogP contribution in [0.25, 0.3) is 16.6 Å². The number of methoxy groups -OCH3 is 1. The Hall–Kier alpha value is -3.47. The van der Waals surface area contributed by atoms with Gasteiger partial charge >= 0.3 is 5.97 Å². The van der Waals surface area contributed by atoms with Crippen molar-refractivity contribution < 1.29 is 9.53 Å². The molecule has 34 heavy (non-hydrogen) atoms. The highest BCUT2D eigenvalue weighted by Gasteiger charge is 2.25. The number of benzene rings is 2. The molecule has 2 heterocycles. The van der Waals surface area contributed by atoms with Crippen LogP contribution in [-0.4, -0.2) is 29.3 Å². The maximum Gasteiger partial charge on any atom is 0.355 e.